The average Bonchev–Trinajstić information content (AvgIpc) is 2.74. The fourth-order valence-electron chi connectivity index (χ4n) is 3.06. The molecule has 1 saturated heterocycles. The van der Waals surface area contributed by atoms with Gasteiger partial charge in [0.15, 0.2) is 16.6 Å². The number of benzene rings is 2. The fraction of sp³-hybridized carbons (Fsp3) is 0.316. The van der Waals surface area contributed by atoms with Gasteiger partial charge in [-0.15, -0.1) is 0 Å². The Labute approximate surface area is 174 Å². The first-order chi connectivity index (χ1) is 14.0. The third kappa shape index (κ3) is 4.61. The Balaban J connectivity index is 1.39. The second kappa shape index (κ2) is 8.54. The molecule has 0 bridgehead atoms. The van der Waals surface area contributed by atoms with Gasteiger partial charge >= 0.3 is 0 Å². The molecule has 2 aromatic rings. The lowest BCUT2D eigenvalue weighted by Crippen LogP contribution is -2.40. The number of ether oxygens (including phenoxy) is 3. The zero-order valence-corrected chi connectivity index (χ0v) is 17.2. The zero-order chi connectivity index (χ0) is 20.3. The highest BCUT2D eigenvalue weighted by Crippen LogP contribution is 2.32. The predicted molar refractivity (Wildman–Crippen MR) is 113 cm³/mol. The summed E-state index contributed by atoms with van der Waals surface area (Å²) in [5.74, 6) is 1.37. The summed E-state index contributed by atoms with van der Waals surface area (Å²) in [4.78, 5) is 0.246. The molecule has 154 valence electrons. The Hall–Kier alpha value is -2.40. The van der Waals surface area contributed by atoms with E-state index in [1.807, 2.05) is 18.2 Å². The van der Waals surface area contributed by atoms with E-state index in [2.05, 4.69) is 10.6 Å². The van der Waals surface area contributed by atoms with Gasteiger partial charge in [0.05, 0.1) is 18.1 Å². The SMILES string of the molecule is O=S(=O)(c1ccc(NC(=S)Nc2ccc3c(c2)OCCO3)cc1)N1CCOCC1. The number of hydrogen-bond donors (Lipinski definition) is 2. The largest absolute Gasteiger partial charge is 0.486 e. The maximum absolute atomic E-state index is 12.7. The summed E-state index contributed by atoms with van der Waals surface area (Å²) in [5, 5.41) is 6.51. The highest BCUT2D eigenvalue weighted by Gasteiger charge is 2.26. The summed E-state index contributed by atoms with van der Waals surface area (Å²) < 4.78 is 43.1. The smallest absolute Gasteiger partial charge is 0.243 e. The third-order valence-electron chi connectivity index (χ3n) is 4.52. The van der Waals surface area contributed by atoms with Gasteiger partial charge in [0.1, 0.15) is 13.2 Å². The van der Waals surface area contributed by atoms with Gasteiger partial charge in [-0.1, -0.05) is 0 Å². The van der Waals surface area contributed by atoms with Gasteiger partial charge in [-0.2, -0.15) is 4.31 Å². The summed E-state index contributed by atoms with van der Waals surface area (Å²) in [6.45, 7) is 2.62. The maximum atomic E-state index is 12.7. The summed E-state index contributed by atoms with van der Waals surface area (Å²) >= 11 is 5.35. The molecule has 2 N–H and O–H groups in total. The molecule has 0 unspecified atom stereocenters. The molecule has 0 spiro atoms. The van der Waals surface area contributed by atoms with Gasteiger partial charge in [0.25, 0.3) is 0 Å². The maximum Gasteiger partial charge on any atom is 0.243 e. The van der Waals surface area contributed by atoms with Crippen molar-refractivity contribution in [2.24, 2.45) is 0 Å². The minimum Gasteiger partial charge on any atom is -0.486 e. The van der Waals surface area contributed by atoms with Crippen molar-refractivity contribution in [3.63, 3.8) is 0 Å². The molecule has 0 atom stereocenters. The molecule has 2 aromatic carbocycles. The molecule has 0 amide bonds. The van der Waals surface area contributed by atoms with E-state index in [0.717, 1.165) is 5.69 Å². The Morgan fingerprint density at radius 1 is 0.862 bits per heavy atom. The van der Waals surface area contributed by atoms with Gasteiger partial charge in [-0.05, 0) is 48.6 Å². The molecule has 2 aliphatic rings. The van der Waals surface area contributed by atoms with Crippen LogP contribution in [0, 0.1) is 0 Å². The van der Waals surface area contributed by atoms with Crippen molar-refractivity contribution in [1.29, 1.82) is 0 Å². The number of fused-ring (bicyclic) bond motifs is 1. The lowest BCUT2D eigenvalue weighted by molar-refractivity contribution is 0.0730. The van der Waals surface area contributed by atoms with Crippen molar-refractivity contribution in [2.75, 3.05) is 50.2 Å². The number of morpholine rings is 1. The van der Waals surface area contributed by atoms with E-state index in [-0.39, 0.29) is 4.90 Å². The Bertz CT molecular complexity index is 989. The first-order valence-corrected chi connectivity index (χ1v) is 11.0. The molecule has 29 heavy (non-hydrogen) atoms. The molecular formula is C19H21N3O5S2. The van der Waals surface area contributed by atoms with E-state index in [4.69, 9.17) is 26.4 Å². The number of hydrogen-bond acceptors (Lipinski definition) is 6. The van der Waals surface area contributed by atoms with Crippen LogP contribution < -0.4 is 20.1 Å². The van der Waals surface area contributed by atoms with E-state index in [1.54, 1.807) is 24.3 Å². The van der Waals surface area contributed by atoms with Gasteiger partial charge in [0, 0.05) is 30.5 Å². The Kier molecular flexibility index (Phi) is 5.86. The van der Waals surface area contributed by atoms with Crippen molar-refractivity contribution in [2.45, 2.75) is 4.90 Å². The van der Waals surface area contributed by atoms with Gasteiger partial charge in [-0.25, -0.2) is 8.42 Å². The van der Waals surface area contributed by atoms with Crippen LogP contribution in [-0.4, -0.2) is 57.4 Å². The van der Waals surface area contributed by atoms with Crippen LogP contribution in [0.5, 0.6) is 11.5 Å². The van der Waals surface area contributed by atoms with E-state index in [9.17, 15) is 8.42 Å². The lowest BCUT2D eigenvalue weighted by atomic mass is 10.2. The number of nitrogens with zero attached hydrogens (tertiary/aromatic N) is 1. The summed E-state index contributed by atoms with van der Waals surface area (Å²) in [7, 11) is -3.51. The molecule has 0 aromatic heterocycles. The van der Waals surface area contributed by atoms with Crippen LogP contribution >= 0.6 is 12.2 Å². The van der Waals surface area contributed by atoms with Crippen LogP contribution in [-0.2, 0) is 14.8 Å². The molecule has 1 fully saturated rings. The van der Waals surface area contributed by atoms with Crippen LogP contribution in [0.2, 0.25) is 0 Å². The van der Waals surface area contributed by atoms with E-state index in [0.29, 0.717) is 61.8 Å². The predicted octanol–water partition coefficient (Wildman–Crippen LogP) is 2.29. The summed E-state index contributed by atoms with van der Waals surface area (Å²) in [6, 6.07) is 12.0. The van der Waals surface area contributed by atoms with Crippen LogP contribution in [0.25, 0.3) is 0 Å². The number of thiocarbonyl (C=S) groups is 1. The molecular weight excluding hydrogens is 414 g/mol. The molecule has 2 aliphatic heterocycles. The van der Waals surface area contributed by atoms with Crippen molar-refractivity contribution in [3.8, 4) is 11.5 Å². The number of sulfonamides is 1. The summed E-state index contributed by atoms with van der Waals surface area (Å²) in [5.41, 5.74) is 1.44. The van der Waals surface area contributed by atoms with Crippen molar-refractivity contribution >= 4 is 38.7 Å². The van der Waals surface area contributed by atoms with Gasteiger partial charge < -0.3 is 24.8 Å². The topological polar surface area (TPSA) is 89.1 Å². The molecule has 0 saturated carbocycles. The van der Waals surface area contributed by atoms with E-state index in [1.165, 1.54) is 4.31 Å². The Morgan fingerprint density at radius 3 is 2.21 bits per heavy atom. The zero-order valence-electron chi connectivity index (χ0n) is 15.6. The number of nitrogens with one attached hydrogen (secondary N) is 2. The van der Waals surface area contributed by atoms with Gasteiger partial charge in [0.2, 0.25) is 10.0 Å². The third-order valence-corrected chi connectivity index (χ3v) is 6.64. The molecule has 0 radical (unpaired) electrons. The van der Waals surface area contributed by atoms with Crippen LogP contribution in [0.15, 0.2) is 47.4 Å². The second-order valence-corrected chi connectivity index (χ2v) is 8.82. The first kappa shape index (κ1) is 19.9. The van der Waals surface area contributed by atoms with E-state index < -0.39 is 10.0 Å². The molecule has 8 nitrogen and oxygen atoms in total. The first-order valence-electron chi connectivity index (χ1n) is 9.18. The lowest BCUT2D eigenvalue weighted by Gasteiger charge is -2.26. The summed E-state index contributed by atoms with van der Waals surface area (Å²) in [6.07, 6.45) is 0. The highest BCUT2D eigenvalue weighted by molar-refractivity contribution is 7.89. The fourth-order valence-corrected chi connectivity index (χ4v) is 4.70. The molecule has 2 heterocycles. The molecule has 0 aliphatic carbocycles. The second-order valence-electron chi connectivity index (χ2n) is 6.48. The van der Waals surface area contributed by atoms with Crippen LogP contribution in [0.3, 0.4) is 0 Å². The van der Waals surface area contributed by atoms with Gasteiger partial charge in [-0.3, -0.25) is 0 Å². The highest BCUT2D eigenvalue weighted by atomic mass is 32.2. The standard InChI is InChI=1S/C19H21N3O5S2/c23-29(24,22-7-9-25-10-8-22)16-4-1-14(2-5-16)20-19(28)21-15-3-6-17-18(13-15)27-12-11-26-17/h1-6,13H,7-12H2,(H2,20,21,28). The minimum atomic E-state index is -3.51. The Morgan fingerprint density at radius 2 is 1.48 bits per heavy atom. The van der Waals surface area contributed by atoms with Crippen LogP contribution in [0.1, 0.15) is 0 Å². The van der Waals surface area contributed by atoms with Crippen molar-refractivity contribution in [1.82, 2.24) is 4.31 Å². The molecule has 10 heteroatoms. The monoisotopic (exact) mass is 435 g/mol. The van der Waals surface area contributed by atoms with Crippen LogP contribution in [0.4, 0.5) is 11.4 Å². The average molecular weight is 436 g/mol. The normalized spacial score (nSPS) is 16.8. The number of anilines is 2. The van der Waals surface area contributed by atoms with Crippen molar-refractivity contribution in [3.05, 3.63) is 42.5 Å². The van der Waals surface area contributed by atoms with Crippen molar-refractivity contribution < 1.29 is 22.6 Å². The van der Waals surface area contributed by atoms with E-state index >= 15 is 0 Å². The number of rotatable bonds is 4. The molecule has 4 rings (SSSR count). The minimum absolute atomic E-state index is 0.246. The quantitative estimate of drug-likeness (QED) is 0.708.